The van der Waals surface area contributed by atoms with Crippen LogP contribution in [0.5, 0.6) is 5.75 Å². The predicted octanol–water partition coefficient (Wildman–Crippen LogP) is 4.51. The summed E-state index contributed by atoms with van der Waals surface area (Å²) in [4.78, 5) is 12.3. The highest BCUT2D eigenvalue weighted by Gasteiger charge is 2.11. The summed E-state index contributed by atoms with van der Waals surface area (Å²) in [6.45, 7) is 3.80. The zero-order chi connectivity index (χ0) is 17.7. The van der Waals surface area contributed by atoms with Crippen molar-refractivity contribution in [1.29, 1.82) is 5.26 Å². The normalized spacial score (nSPS) is 10.9. The standard InChI is InChI=1S/C19H17ClN2O2/c1-12-5-7-16(10-17(12)20)22-19(23)15(11-21)8-14-6-4-13(2)18(9-14)24-3/h4-10H,1-3H3,(H,22,23)/b15-8+. The first-order chi connectivity index (χ1) is 11.4. The molecule has 1 N–H and O–H groups in total. The first kappa shape index (κ1) is 17.6. The van der Waals surface area contributed by atoms with E-state index in [-0.39, 0.29) is 5.57 Å². The fraction of sp³-hybridized carbons (Fsp3) is 0.158. The molecule has 2 aromatic rings. The zero-order valence-corrected chi connectivity index (χ0v) is 14.4. The Morgan fingerprint density at radius 1 is 1.21 bits per heavy atom. The Morgan fingerprint density at radius 2 is 1.92 bits per heavy atom. The van der Waals surface area contributed by atoms with Crippen molar-refractivity contribution in [2.45, 2.75) is 13.8 Å². The van der Waals surface area contributed by atoms with Crippen molar-refractivity contribution >= 4 is 29.3 Å². The van der Waals surface area contributed by atoms with Gasteiger partial charge in [-0.15, -0.1) is 0 Å². The second-order valence-electron chi connectivity index (χ2n) is 5.32. The summed E-state index contributed by atoms with van der Waals surface area (Å²) in [5.41, 5.74) is 3.14. The number of carbonyl (C=O) groups is 1. The van der Waals surface area contributed by atoms with Crippen LogP contribution in [0.25, 0.3) is 6.08 Å². The summed E-state index contributed by atoms with van der Waals surface area (Å²) < 4.78 is 5.25. The molecule has 2 aromatic carbocycles. The molecule has 0 spiro atoms. The Kier molecular flexibility index (Phi) is 5.62. The van der Waals surface area contributed by atoms with E-state index < -0.39 is 5.91 Å². The average Bonchev–Trinajstić information content (AvgIpc) is 2.57. The Hall–Kier alpha value is -2.77. The number of hydrogen-bond donors (Lipinski definition) is 1. The third-order valence-corrected chi connectivity index (χ3v) is 3.95. The fourth-order valence-corrected chi connectivity index (χ4v) is 2.29. The monoisotopic (exact) mass is 340 g/mol. The lowest BCUT2D eigenvalue weighted by molar-refractivity contribution is -0.112. The molecule has 2 rings (SSSR count). The molecule has 0 aromatic heterocycles. The fourth-order valence-electron chi connectivity index (χ4n) is 2.11. The van der Waals surface area contributed by atoms with Gasteiger partial charge in [0.05, 0.1) is 7.11 Å². The number of nitrogens with zero attached hydrogens (tertiary/aromatic N) is 1. The minimum atomic E-state index is -0.489. The van der Waals surface area contributed by atoms with Crippen LogP contribution >= 0.6 is 11.6 Å². The molecule has 0 radical (unpaired) electrons. The van der Waals surface area contributed by atoms with Gasteiger partial charge in [0.25, 0.3) is 5.91 Å². The van der Waals surface area contributed by atoms with Crippen molar-refractivity contribution in [2.75, 3.05) is 12.4 Å². The van der Waals surface area contributed by atoms with Gasteiger partial charge in [-0.05, 0) is 54.8 Å². The van der Waals surface area contributed by atoms with E-state index in [4.69, 9.17) is 16.3 Å². The second-order valence-corrected chi connectivity index (χ2v) is 5.72. The number of nitrogens with one attached hydrogen (secondary N) is 1. The lowest BCUT2D eigenvalue weighted by Gasteiger charge is -2.07. The minimum Gasteiger partial charge on any atom is -0.496 e. The molecule has 0 heterocycles. The molecule has 4 nitrogen and oxygen atoms in total. The first-order valence-electron chi connectivity index (χ1n) is 7.28. The molecule has 0 atom stereocenters. The van der Waals surface area contributed by atoms with Crippen LogP contribution in [0.3, 0.4) is 0 Å². The summed E-state index contributed by atoms with van der Waals surface area (Å²) in [5, 5.41) is 12.5. The molecule has 0 aliphatic heterocycles. The molecule has 0 unspecified atom stereocenters. The SMILES string of the molecule is COc1cc(/C=C(\C#N)C(=O)Nc2ccc(C)c(Cl)c2)ccc1C. The molecule has 5 heteroatoms. The Morgan fingerprint density at radius 3 is 2.54 bits per heavy atom. The van der Waals surface area contributed by atoms with Gasteiger partial charge < -0.3 is 10.1 Å². The van der Waals surface area contributed by atoms with Gasteiger partial charge in [-0.3, -0.25) is 4.79 Å². The Labute approximate surface area is 146 Å². The number of aryl methyl sites for hydroxylation is 2. The summed E-state index contributed by atoms with van der Waals surface area (Å²) in [5.74, 6) is 0.212. The Bertz CT molecular complexity index is 851. The number of anilines is 1. The molecule has 24 heavy (non-hydrogen) atoms. The molecular formula is C19H17ClN2O2. The van der Waals surface area contributed by atoms with Gasteiger partial charge in [0.2, 0.25) is 0 Å². The number of amides is 1. The predicted molar refractivity (Wildman–Crippen MR) is 96.1 cm³/mol. The van der Waals surface area contributed by atoms with Gasteiger partial charge in [0.1, 0.15) is 17.4 Å². The highest BCUT2D eigenvalue weighted by atomic mass is 35.5. The van der Waals surface area contributed by atoms with Crippen LogP contribution in [0.2, 0.25) is 5.02 Å². The molecule has 0 saturated carbocycles. The number of ether oxygens (including phenoxy) is 1. The quantitative estimate of drug-likeness (QED) is 0.658. The van der Waals surface area contributed by atoms with Crippen LogP contribution in [0.4, 0.5) is 5.69 Å². The Balaban J connectivity index is 2.25. The van der Waals surface area contributed by atoms with Gasteiger partial charge in [-0.25, -0.2) is 0 Å². The molecule has 122 valence electrons. The van der Waals surface area contributed by atoms with Crippen LogP contribution in [0, 0.1) is 25.2 Å². The van der Waals surface area contributed by atoms with E-state index in [1.54, 1.807) is 31.4 Å². The summed E-state index contributed by atoms with van der Waals surface area (Å²) in [6.07, 6.45) is 1.52. The van der Waals surface area contributed by atoms with Crippen LogP contribution in [-0.2, 0) is 4.79 Å². The highest BCUT2D eigenvalue weighted by molar-refractivity contribution is 6.31. The van der Waals surface area contributed by atoms with Crippen molar-refractivity contribution in [1.82, 2.24) is 0 Å². The summed E-state index contributed by atoms with van der Waals surface area (Å²) >= 11 is 6.04. The molecule has 0 fully saturated rings. The van der Waals surface area contributed by atoms with E-state index >= 15 is 0 Å². The highest BCUT2D eigenvalue weighted by Crippen LogP contribution is 2.22. The van der Waals surface area contributed by atoms with Gasteiger partial charge in [-0.2, -0.15) is 5.26 Å². The maximum Gasteiger partial charge on any atom is 0.266 e. The number of halogens is 1. The number of nitriles is 1. The van der Waals surface area contributed by atoms with Crippen LogP contribution in [0.1, 0.15) is 16.7 Å². The van der Waals surface area contributed by atoms with E-state index in [1.165, 1.54) is 6.08 Å². The molecule has 0 aliphatic carbocycles. The van der Waals surface area contributed by atoms with Crippen molar-refractivity contribution in [3.05, 3.63) is 63.7 Å². The van der Waals surface area contributed by atoms with Gasteiger partial charge in [0.15, 0.2) is 0 Å². The van der Waals surface area contributed by atoms with Crippen molar-refractivity contribution in [2.24, 2.45) is 0 Å². The summed E-state index contributed by atoms with van der Waals surface area (Å²) in [7, 11) is 1.58. The first-order valence-corrected chi connectivity index (χ1v) is 7.66. The zero-order valence-electron chi connectivity index (χ0n) is 13.7. The largest absolute Gasteiger partial charge is 0.496 e. The van der Waals surface area contributed by atoms with E-state index in [9.17, 15) is 10.1 Å². The minimum absolute atomic E-state index is 0.00222. The maximum absolute atomic E-state index is 12.3. The van der Waals surface area contributed by atoms with E-state index in [1.807, 2.05) is 32.0 Å². The van der Waals surface area contributed by atoms with E-state index in [0.717, 1.165) is 11.1 Å². The topological polar surface area (TPSA) is 62.1 Å². The smallest absolute Gasteiger partial charge is 0.266 e. The molecular weight excluding hydrogens is 324 g/mol. The van der Waals surface area contributed by atoms with Crippen molar-refractivity contribution in [3.63, 3.8) is 0 Å². The van der Waals surface area contributed by atoms with E-state index in [2.05, 4.69) is 5.32 Å². The van der Waals surface area contributed by atoms with Crippen molar-refractivity contribution in [3.8, 4) is 11.8 Å². The molecule has 1 amide bonds. The molecule has 0 saturated heterocycles. The average molecular weight is 341 g/mol. The van der Waals surface area contributed by atoms with Gasteiger partial charge >= 0.3 is 0 Å². The summed E-state index contributed by atoms with van der Waals surface area (Å²) in [6, 6.07) is 12.6. The lowest BCUT2D eigenvalue weighted by Crippen LogP contribution is -2.13. The van der Waals surface area contributed by atoms with Gasteiger partial charge in [-0.1, -0.05) is 29.8 Å². The van der Waals surface area contributed by atoms with Crippen LogP contribution in [-0.4, -0.2) is 13.0 Å². The molecule has 0 bridgehead atoms. The number of benzene rings is 2. The molecule has 0 aliphatic rings. The van der Waals surface area contributed by atoms with Crippen LogP contribution < -0.4 is 10.1 Å². The lowest BCUT2D eigenvalue weighted by atomic mass is 10.1. The van der Waals surface area contributed by atoms with E-state index in [0.29, 0.717) is 22.0 Å². The third kappa shape index (κ3) is 4.15. The van der Waals surface area contributed by atoms with Gasteiger partial charge in [0, 0.05) is 10.7 Å². The number of carbonyl (C=O) groups excluding carboxylic acids is 1. The maximum atomic E-state index is 12.3. The second kappa shape index (κ2) is 7.67. The number of methoxy groups -OCH3 is 1. The van der Waals surface area contributed by atoms with Crippen molar-refractivity contribution < 1.29 is 9.53 Å². The number of rotatable bonds is 4. The third-order valence-electron chi connectivity index (χ3n) is 3.54. The number of hydrogen-bond acceptors (Lipinski definition) is 3. The van der Waals surface area contributed by atoms with Crippen LogP contribution in [0.15, 0.2) is 42.0 Å².